The van der Waals surface area contributed by atoms with E-state index in [-0.39, 0.29) is 12.2 Å². The molecule has 1 aliphatic heterocycles. The minimum absolute atomic E-state index is 0.0396. The Labute approximate surface area is 191 Å². The van der Waals surface area contributed by atoms with Crippen molar-refractivity contribution in [3.8, 4) is 11.5 Å². The van der Waals surface area contributed by atoms with Crippen molar-refractivity contribution in [2.24, 2.45) is 0 Å². The number of nitrogens with one attached hydrogen (secondary N) is 1. The average Bonchev–Trinajstić information content (AvgIpc) is 3.09. The Morgan fingerprint density at radius 3 is 2.44 bits per heavy atom. The summed E-state index contributed by atoms with van der Waals surface area (Å²) >= 11 is 6.03. The van der Waals surface area contributed by atoms with Gasteiger partial charge in [0.05, 0.1) is 5.69 Å². The fourth-order valence-electron chi connectivity index (χ4n) is 3.22. The fourth-order valence-corrected chi connectivity index (χ4v) is 3.34. The van der Waals surface area contributed by atoms with Crippen LogP contribution in [0.15, 0.2) is 78.4 Å². The molecule has 1 aliphatic rings. The highest BCUT2D eigenvalue weighted by Crippen LogP contribution is 2.26. The van der Waals surface area contributed by atoms with Crippen LogP contribution in [0.25, 0.3) is 6.08 Å². The van der Waals surface area contributed by atoms with Crippen LogP contribution in [0.3, 0.4) is 0 Å². The second-order valence-electron chi connectivity index (χ2n) is 7.12. The molecule has 0 bridgehead atoms. The van der Waals surface area contributed by atoms with Crippen LogP contribution in [-0.4, -0.2) is 25.0 Å². The van der Waals surface area contributed by atoms with Crippen LogP contribution in [0.2, 0.25) is 5.02 Å². The Morgan fingerprint density at radius 1 is 0.938 bits per heavy atom. The molecule has 0 spiro atoms. The highest BCUT2D eigenvalue weighted by molar-refractivity contribution is 6.32. The van der Waals surface area contributed by atoms with E-state index in [0.29, 0.717) is 34.4 Å². The van der Waals surface area contributed by atoms with Crippen molar-refractivity contribution in [3.05, 3.63) is 94.5 Å². The van der Waals surface area contributed by atoms with Gasteiger partial charge in [0.15, 0.2) is 0 Å². The van der Waals surface area contributed by atoms with Crippen molar-refractivity contribution in [1.82, 2.24) is 5.43 Å². The van der Waals surface area contributed by atoms with Crippen LogP contribution in [-0.2, 0) is 9.59 Å². The lowest BCUT2D eigenvalue weighted by Crippen LogP contribution is -2.35. The van der Waals surface area contributed by atoms with Gasteiger partial charge >= 0.3 is 0 Å². The van der Waals surface area contributed by atoms with Gasteiger partial charge < -0.3 is 9.47 Å². The highest BCUT2D eigenvalue weighted by Gasteiger charge is 2.34. The molecular weight excluding hydrogens is 428 g/mol. The zero-order valence-corrected chi connectivity index (χ0v) is 18.1. The van der Waals surface area contributed by atoms with Crippen molar-refractivity contribution in [2.75, 3.05) is 18.2 Å². The fraction of sp³-hybridized carbons (Fsp3) is 0.120. The van der Waals surface area contributed by atoms with Crippen LogP contribution >= 0.6 is 11.6 Å². The van der Waals surface area contributed by atoms with Crippen LogP contribution in [0.5, 0.6) is 11.5 Å². The summed E-state index contributed by atoms with van der Waals surface area (Å²) in [6.45, 7) is 2.53. The second kappa shape index (κ2) is 9.58. The monoisotopic (exact) mass is 448 g/mol. The molecule has 162 valence electrons. The smallest absolute Gasteiger partial charge is 0.282 e. The Bertz CT molecular complexity index is 1180. The van der Waals surface area contributed by atoms with Gasteiger partial charge in [-0.3, -0.25) is 15.0 Å². The SMILES string of the molecule is Cc1cc(OCCOc2ccccc2/C=C2/C(=O)NN(c3ccccc3)C2=O)ccc1Cl. The van der Waals surface area contributed by atoms with Gasteiger partial charge in [-0.2, -0.15) is 0 Å². The van der Waals surface area contributed by atoms with Crippen LogP contribution in [0.4, 0.5) is 5.69 Å². The van der Waals surface area contributed by atoms with E-state index in [1.807, 2.05) is 31.2 Å². The molecule has 1 heterocycles. The molecule has 1 fully saturated rings. The van der Waals surface area contributed by atoms with Crippen LogP contribution in [0.1, 0.15) is 11.1 Å². The minimum Gasteiger partial charge on any atom is -0.490 e. The normalized spacial score (nSPS) is 14.6. The number of hydrogen-bond donors (Lipinski definition) is 1. The van der Waals surface area contributed by atoms with Crippen molar-refractivity contribution >= 4 is 35.2 Å². The van der Waals surface area contributed by atoms with Crippen LogP contribution in [0, 0.1) is 6.92 Å². The molecule has 0 aliphatic carbocycles. The lowest BCUT2D eigenvalue weighted by atomic mass is 10.1. The van der Waals surface area contributed by atoms with Crippen molar-refractivity contribution < 1.29 is 19.1 Å². The van der Waals surface area contributed by atoms with E-state index >= 15 is 0 Å². The van der Waals surface area contributed by atoms with E-state index in [2.05, 4.69) is 5.43 Å². The van der Waals surface area contributed by atoms with Gasteiger partial charge in [0, 0.05) is 10.6 Å². The van der Waals surface area contributed by atoms with Crippen LogP contribution < -0.4 is 19.9 Å². The highest BCUT2D eigenvalue weighted by atomic mass is 35.5. The van der Waals surface area contributed by atoms with Gasteiger partial charge in [-0.1, -0.05) is 48.0 Å². The lowest BCUT2D eigenvalue weighted by Gasteiger charge is -2.14. The lowest BCUT2D eigenvalue weighted by molar-refractivity contribution is -0.117. The predicted molar refractivity (Wildman–Crippen MR) is 124 cm³/mol. The molecule has 3 aromatic carbocycles. The van der Waals surface area contributed by atoms with Crippen molar-refractivity contribution in [2.45, 2.75) is 6.92 Å². The first-order chi connectivity index (χ1) is 15.5. The summed E-state index contributed by atoms with van der Waals surface area (Å²) < 4.78 is 11.6. The molecule has 1 saturated heterocycles. The number of halogens is 1. The Morgan fingerprint density at radius 2 is 1.66 bits per heavy atom. The number of nitrogens with zero attached hydrogens (tertiary/aromatic N) is 1. The molecule has 3 aromatic rings. The van der Waals surface area contributed by atoms with E-state index in [1.54, 1.807) is 54.6 Å². The molecule has 0 unspecified atom stereocenters. The summed E-state index contributed by atoms with van der Waals surface area (Å²) in [4.78, 5) is 25.2. The third-order valence-electron chi connectivity index (χ3n) is 4.86. The number of hydrogen-bond acceptors (Lipinski definition) is 4. The zero-order valence-electron chi connectivity index (χ0n) is 17.4. The Balaban J connectivity index is 1.44. The molecule has 6 nitrogen and oxygen atoms in total. The first kappa shape index (κ1) is 21.5. The van der Waals surface area contributed by atoms with Gasteiger partial charge in [0.25, 0.3) is 11.8 Å². The van der Waals surface area contributed by atoms with Crippen molar-refractivity contribution in [3.63, 3.8) is 0 Å². The summed E-state index contributed by atoms with van der Waals surface area (Å²) in [5.74, 6) is 0.377. The number of hydrazine groups is 1. The van der Waals surface area contributed by atoms with Gasteiger partial charge in [-0.25, -0.2) is 5.01 Å². The number of anilines is 1. The molecular formula is C25H21ClN2O4. The maximum atomic E-state index is 12.8. The quantitative estimate of drug-likeness (QED) is 0.326. The summed E-state index contributed by atoms with van der Waals surface area (Å²) in [5.41, 5.74) is 4.79. The molecule has 4 rings (SSSR count). The van der Waals surface area contributed by atoms with Gasteiger partial charge in [0.1, 0.15) is 30.3 Å². The standard InChI is InChI=1S/C25H21ClN2O4/c1-17-15-20(11-12-22(17)26)31-13-14-32-23-10-6-5-7-18(23)16-21-24(29)27-28(25(21)30)19-8-3-2-4-9-19/h2-12,15-16H,13-14H2,1H3,(H,27,29)/b21-16-. The number of para-hydroxylation sites is 2. The predicted octanol–water partition coefficient (Wildman–Crippen LogP) is 4.57. The number of benzene rings is 3. The average molecular weight is 449 g/mol. The molecule has 7 heteroatoms. The molecule has 0 atom stereocenters. The molecule has 0 radical (unpaired) electrons. The first-order valence-electron chi connectivity index (χ1n) is 10.1. The summed E-state index contributed by atoms with van der Waals surface area (Å²) in [6.07, 6.45) is 1.54. The number of aryl methyl sites for hydroxylation is 1. The Kier molecular flexibility index (Phi) is 6.42. The third-order valence-corrected chi connectivity index (χ3v) is 5.29. The van der Waals surface area contributed by atoms with E-state index in [4.69, 9.17) is 21.1 Å². The summed E-state index contributed by atoms with van der Waals surface area (Å²) in [7, 11) is 0. The zero-order chi connectivity index (χ0) is 22.5. The number of amides is 2. The topological polar surface area (TPSA) is 67.9 Å². The number of rotatable bonds is 7. The summed E-state index contributed by atoms with van der Waals surface area (Å²) in [5, 5.41) is 1.92. The second-order valence-corrected chi connectivity index (χ2v) is 7.53. The number of ether oxygens (including phenoxy) is 2. The molecule has 2 amide bonds. The van der Waals surface area contributed by atoms with E-state index < -0.39 is 11.8 Å². The minimum atomic E-state index is -0.463. The van der Waals surface area contributed by atoms with Crippen molar-refractivity contribution in [1.29, 1.82) is 0 Å². The largest absolute Gasteiger partial charge is 0.490 e. The van der Waals surface area contributed by atoms with E-state index in [0.717, 1.165) is 5.56 Å². The van der Waals surface area contributed by atoms with E-state index in [1.165, 1.54) is 5.01 Å². The van der Waals surface area contributed by atoms with E-state index in [9.17, 15) is 9.59 Å². The molecule has 0 saturated carbocycles. The number of carbonyl (C=O) groups excluding carboxylic acids is 2. The van der Waals surface area contributed by atoms with Gasteiger partial charge in [0.2, 0.25) is 0 Å². The third kappa shape index (κ3) is 4.76. The molecule has 32 heavy (non-hydrogen) atoms. The molecule has 1 N–H and O–H groups in total. The molecule has 0 aromatic heterocycles. The van der Waals surface area contributed by atoms with Gasteiger partial charge in [-0.05, 0) is 55.0 Å². The maximum Gasteiger partial charge on any atom is 0.282 e. The number of carbonyl (C=O) groups is 2. The maximum absolute atomic E-state index is 12.8. The summed E-state index contributed by atoms with van der Waals surface area (Å²) in [6, 6.07) is 21.6. The Hall–Kier alpha value is -3.77. The van der Waals surface area contributed by atoms with Gasteiger partial charge in [-0.15, -0.1) is 0 Å². The first-order valence-corrected chi connectivity index (χ1v) is 10.4.